The van der Waals surface area contributed by atoms with Gasteiger partial charge in [-0.2, -0.15) is 0 Å². The third kappa shape index (κ3) is 8.58. The van der Waals surface area contributed by atoms with Crippen molar-refractivity contribution in [2.75, 3.05) is 78.9 Å². The molecule has 2 aromatic carbocycles. The Kier molecular flexibility index (Phi) is 10.5. The van der Waals surface area contributed by atoms with E-state index in [-0.39, 0.29) is 12.0 Å². The second-order valence-corrected chi connectivity index (χ2v) is 16.7. The minimum atomic E-state index is -3.70. The van der Waals surface area contributed by atoms with Gasteiger partial charge in [0.25, 0.3) is 0 Å². The average molecular weight is 651 g/mol. The van der Waals surface area contributed by atoms with Crippen LogP contribution in [0.1, 0.15) is 44.6 Å². The van der Waals surface area contributed by atoms with Crippen LogP contribution >= 0.6 is 11.8 Å². The third-order valence-corrected chi connectivity index (χ3v) is 11.8. The van der Waals surface area contributed by atoms with Gasteiger partial charge in [-0.05, 0) is 67.0 Å². The van der Waals surface area contributed by atoms with Crippen molar-refractivity contribution in [2.45, 2.75) is 54.9 Å². The van der Waals surface area contributed by atoms with Gasteiger partial charge >= 0.3 is 0 Å². The lowest BCUT2D eigenvalue weighted by molar-refractivity contribution is 0.538. The Balaban J connectivity index is 1.24. The zero-order chi connectivity index (χ0) is 30.6. The SMILES string of the molecule is CC(C)c1ccc(N2CCNCC2)c(S(=O)(=O)NC2CCC(CSc3ccc(N4CCNCC4)c(NS(C)(=O)=O)c3)C2)c1. The van der Waals surface area contributed by atoms with Crippen LogP contribution in [-0.4, -0.2) is 87.2 Å². The Hall–Kier alpha value is -2.03. The van der Waals surface area contributed by atoms with Crippen LogP contribution in [0, 0.1) is 5.92 Å². The van der Waals surface area contributed by atoms with E-state index in [9.17, 15) is 16.8 Å². The molecule has 13 heteroatoms. The van der Waals surface area contributed by atoms with Crippen LogP contribution < -0.4 is 29.9 Å². The summed E-state index contributed by atoms with van der Waals surface area (Å²) in [5, 5.41) is 6.68. The predicted molar refractivity (Wildman–Crippen MR) is 178 cm³/mol. The Labute approximate surface area is 261 Å². The van der Waals surface area contributed by atoms with E-state index in [1.54, 1.807) is 11.8 Å². The van der Waals surface area contributed by atoms with E-state index in [1.165, 1.54) is 6.26 Å². The molecule has 2 atom stereocenters. The molecule has 2 heterocycles. The van der Waals surface area contributed by atoms with Gasteiger partial charge in [0.1, 0.15) is 4.90 Å². The zero-order valence-electron chi connectivity index (χ0n) is 25.4. The van der Waals surface area contributed by atoms with Crippen LogP contribution in [0.15, 0.2) is 46.2 Å². The van der Waals surface area contributed by atoms with Crippen molar-refractivity contribution in [1.82, 2.24) is 15.4 Å². The van der Waals surface area contributed by atoms with E-state index in [0.29, 0.717) is 16.5 Å². The number of hydrogen-bond acceptors (Lipinski definition) is 9. The van der Waals surface area contributed by atoms with Crippen molar-refractivity contribution >= 4 is 48.9 Å². The van der Waals surface area contributed by atoms with Gasteiger partial charge in [0, 0.05) is 69.0 Å². The molecule has 5 rings (SSSR count). The maximum absolute atomic E-state index is 13.8. The first-order valence-electron chi connectivity index (χ1n) is 15.3. The van der Waals surface area contributed by atoms with Gasteiger partial charge in [-0.15, -0.1) is 11.8 Å². The highest BCUT2D eigenvalue weighted by atomic mass is 32.2. The summed E-state index contributed by atoms with van der Waals surface area (Å²) >= 11 is 1.70. The molecule has 3 aliphatic rings. The molecule has 1 aliphatic carbocycles. The molecule has 2 saturated heterocycles. The molecular weight excluding hydrogens is 605 g/mol. The summed E-state index contributed by atoms with van der Waals surface area (Å²) in [5.41, 5.74) is 3.31. The third-order valence-electron chi connectivity index (χ3n) is 8.47. The Morgan fingerprint density at radius 2 is 1.51 bits per heavy atom. The lowest BCUT2D eigenvalue weighted by Gasteiger charge is -2.31. The molecule has 43 heavy (non-hydrogen) atoms. The highest BCUT2D eigenvalue weighted by molar-refractivity contribution is 7.99. The molecule has 3 fully saturated rings. The van der Waals surface area contributed by atoms with Gasteiger partial charge < -0.3 is 20.4 Å². The molecule has 238 valence electrons. The number of piperazine rings is 2. The summed E-state index contributed by atoms with van der Waals surface area (Å²) in [6, 6.07) is 11.8. The largest absolute Gasteiger partial charge is 0.368 e. The minimum absolute atomic E-state index is 0.105. The standard InChI is InChI=1S/C30H46N6O4S3/c1-22(2)24-5-8-29(36-16-12-32-13-17-36)30(19-24)43(39,40)33-25-6-4-23(18-25)21-41-26-7-9-28(35-14-10-31-11-15-35)27(20-26)34-42(3,37)38/h5,7-9,19-20,22-23,25,31-34H,4,6,10-18,21H2,1-3H3. The fourth-order valence-corrected chi connectivity index (χ4v) is 9.37. The van der Waals surface area contributed by atoms with Gasteiger partial charge in [0.2, 0.25) is 20.0 Å². The lowest BCUT2D eigenvalue weighted by Crippen LogP contribution is -2.44. The predicted octanol–water partition coefficient (Wildman–Crippen LogP) is 3.24. The van der Waals surface area contributed by atoms with Crippen molar-refractivity contribution in [2.24, 2.45) is 5.92 Å². The van der Waals surface area contributed by atoms with Crippen LogP contribution in [0.4, 0.5) is 17.1 Å². The van der Waals surface area contributed by atoms with E-state index >= 15 is 0 Å². The van der Waals surface area contributed by atoms with Gasteiger partial charge in [-0.25, -0.2) is 21.6 Å². The molecule has 0 spiro atoms. The Bertz CT molecular complexity index is 1470. The summed E-state index contributed by atoms with van der Waals surface area (Å²) in [7, 11) is -7.13. The molecule has 0 amide bonds. The summed E-state index contributed by atoms with van der Waals surface area (Å²) < 4.78 is 57.6. The van der Waals surface area contributed by atoms with Crippen LogP contribution in [0.5, 0.6) is 0 Å². The molecule has 0 bridgehead atoms. The average Bonchev–Trinajstić information content (AvgIpc) is 3.42. The van der Waals surface area contributed by atoms with E-state index in [2.05, 4.69) is 55.9 Å². The van der Waals surface area contributed by atoms with Crippen molar-refractivity contribution in [3.05, 3.63) is 42.0 Å². The fraction of sp³-hybridized carbons (Fsp3) is 0.600. The smallest absolute Gasteiger partial charge is 0.242 e. The zero-order valence-corrected chi connectivity index (χ0v) is 27.9. The highest BCUT2D eigenvalue weighted by Crippen LogP contribution is 2.37. The maximum atomic E-state index is 13.8. The van der Waals surface area contributed by atoms with E-state index in [4.69, 9.17) is 0 Å². The number of nitrogens with one attached hydrogen (secondary N) is 4. The van der Waals surface area contributed by atoms with Crippen molar-refractivity contribution < 1.29 is 16.8 Å². The summed E-state index contributed by atoms with van der Waals surface area (Å²) in [5.74, 6) is 1.45. The van der Waals surface area contributed by atoms with Gasteiger partial charge in [-0.3, -0.25) is 4.72 Å². The second kappa shape index (κ2) is 13.9. The van der Waals surface area contributed by atoms with Crippen LogP contribution in [-0.2, 0) is 20.0 Å². The first-order chi connectivity index (χ1) is 20.5. The topological polar surface area (TPSA) is 123 Å². The molecular formula is C30H46N6O4S3. The Morgan fingerprint density at radius 3 is 2.14 bits per heavy atom. The molecule has 2 unspecified atom stereocenters. The molecule has 4 N–H and O–H groups in total. The second-order valence-electron chi connectivity index (χ2n) is 12.2. The number of thioether (sulfide) groups is 1. The number of benzene rings is 2. The number of rotatable bonds is 11. The summed E-state index contributed by atoms with van der Waals surface area (Å²) in [6.45, 7) is 10.8. The molecule has 1 saturated carbocycles. The van der Waals surface area contributed by atoms with Gasteiger partial charge in [0.05, 0.1) is 23.3 Å². The number of nitrogens with zero attached hydrogens (tertiary/aromatic N) is 2. The van der Waals surface area contributed by atoms with Gasteiger partial charge in [-0.1, -0.05) is 19.9 Å². The lowest BCUT2D eigenvalue weighted by atomic mass is 10.0. The maximum Gasteiger partial charge on any atom is 0.242 e. The minimum Gasteiger partial charge on any atom is -0.368 e. The van der Waals surface area contributed by atoms with Crippen molar-refractivity contribution in [3.63, 3.8) is 0 Å². The van der Waals surface area contributed by atoms with Crippen LogP contribution in [0.2, 0.25) is 0 Å². The first kappa shape index (κ1) is 32.4. The molecule has 0 radical (unpaired) electrons. The van der Waals surface area contributed by atoms with E-state index in [1.807, 2.05) is 24.3 Å². The van der Waals surface area contributed by atoms with E-state index in [0.717, 1.165) is 99.2 Å². The first-order valence-corrected chi connectivity index (χ1v) is 19.7. The van der Waals surface area contributed by atoms with Gasteiger partial charge in [0.15, 0.2) is 0 Å². The molecule has 2 aromatic rings. The fourth-order valence-electron chi connectivity index (χ4n) is 6.17. The Morgan fingerprint density at radius 1 is 0.884 bits per heavy atom. The quantitative estimate of drug-likeness (QED) is 0.272. The number of hydrogen-bond donors (Lipinski definition) is 4. The highest BCUT2D eigenvalue weighted by Gasteiger charge is 2.31. The van der Waals surface area contributed by atoms with E-state index < -0.39 is 20.0 Å². The number of anilines is 3. The van der Waals surface area contributed by atoms with Crippen molar-refractivity contribution in [3.8, 4) is 0 Å². The molecule has 2 aliphatic heterocycles. The van der Waals surface area contributed by atoms with Crippen LogP contribution in [0.25, 0.3) is 0 Å². The monoisotopic (exact) mass is 650 g/mol. The summed E-state index contributed by atoms with van der Waals surface area (Å²) in [6.07, 6.45) is 3.72. The van der Waals surface area contributed by atoms with Crippen molar-refractivity contribution in [1.29, 1.82) is 0 Å². The molecule has 0 aromatic heterocycles. The normalized spacial score (nSPS) is 21.9. The molecule has 10 nitrogen and oxygen atoms in total. The number of sulfonamides is 2. The summed E-state index contributed by atoms with van der Waals surface area (Å²) in [4.78, 5) is 5.76. The van der Waals surface area contributed by atoms with Crippen LogP contribution in [0.3, 0.4) is 0 Å².